The molecule has 8 bridgehead atoms. The van der Waals surface area contributed by atoms with Crippen LogP contribution in [0.2, 0.25) is 0 Å². The van der Waals surface area contributed by atoms with E-state index >= 15 is 0 Å². The highest BCUT2D eigenvalue weighted by atomic mass is 16.2. The first-order valence-corrected chi connectivity index (χ1v) is 21.1. The van der Waals surface area contributed by atoms with Gasteiger partial charge in [-0.15, -0.1) is 0 Å². The molecule has 1 saturated heterocycles. The predicted molar refractivity (Wildman–Crippen MR) is 253 cm³/mol. The van der Waals surface area contributed by atoms with Crippen LogP contribution in [0.25, 0.3) is 90.9 Å². The van der Waals surface area contributed by atoms with Crippen molar-refractivity contribution in [1.82, 2.24) is 29.7 Å². The molecule has 6 heterocycles. The highest BCUT2D eigenvalue weighted by molar-refractivity contribution is 6.00. The quantitative estimate of drug-likeness (QED) is 0.134. The molecule has 3 aromatic heterocycles. The van der Waals surface area contributed by atoms with Crippen LogP contribution in [-0.4, -0.2) is 80.7 Å². The third kappa shape index (κ3) is 7.94. The smallest absolute Gasteiger partial charge is 0.238 e. The first-order valence-electron chi connectivity index (χ1n) is 21.1. The van der Waals surface area contributed by atoms with Gasteiger partial charge in [0.2, 0.25) is 5.91 Å². The molecule has 1 fully saturated rings. The lowest BCUT2D eigenvalue weighted by atomic mass is 10.0. The standard InChI is InChI=1S/C53H45N7O2/c1-35(61)33-59-29-31-60(32-30-59)34-49(62)54-40-19-17-39(18-20-40)53-47-27-25-45(57-47)51(37-13-7-3-8-14-37)43-23-21-41(55-43)50(36-11-5-2-6-12-36)42-22-24-44(56-42)52(38-15-9-4-10-16-38)46-26-28-48(53)58-46/h2-28,55,58H,29-34H2,1H3,(H,54,62). The van der Waals surface area contributed by atoms with Crippen molar-refractivity contribution in [3.8, 4) is 44.5 Å². The van der Waals surface area contributed by atoms with E-state index in [9.17, 15) is 9.59 Å². The second kappa shape index (κ2) is 16.9. The van der Waals surface area contributed by atoms with E-state index in [0.717, 1.165) is 121 Å². The number of hydrogen-bond donors (Lipinski definition) is 3. The summed E-state index contributed by atoms with van der Waals surface area (Å²) in [5.74, 6) is 0.0991. The van der Waals surface area contributed by atoms with Crippen LogP contribution in [0.1, 0.15) is 29.7 Å². The van der Waals surface area contributed by atoms with E-state index in [1.165, 1.54) is 0 Å². The Morgan fingerprint density at radius 3 is 1.16 bits per heavy atom. The highest BCUT2D eigenvalue weighted by Crippen LogP contribution is 2.38. The SMILES string of the molecule is CC(=O)CN1CCN(CC(=O)Nc2ccc(-c3c4nc(c(-c5ccccc5)c5ccc([nH]5)c(-c5ccccc5)c5nc(c(-c6ccccc6)c6ccc3[nH]6)C=C5)C=C4)cc2)CC1. The van der Waals surface area contributed by atoms with Crippen LogP contribution in [0.5, 0.6) is 0 Å². The third-order valence-corrected chi connectivity index (χ3v) is 11.7. The maximum absolute atomic E-state index is 13.2. The summed E-state index contributed by atoms with van der Waals surface area (Å²) in [5, 5.41) is 3.11. The second-order valence-electron chi connectivity index (χ2n) is 16.0. The number of aromatic amines is 2. The Bertz CT molecular complexity index is 3000. The van der Waals surface area contributed by atoms with Crippen LogP contribution in [0.3, 0.4) is 0 Å². The lowest BCUT2D eigenvalue weighted by Crippen LogP contribution is -2.49. The Kier molecular flexibility index (Phi) is 10.5. The third-order valence-electron chi connectivity index (χ3n) is 11.7. The van der Waals surface area contributed by atoms with Crippen molar-refractivity contribution in [3.63, 3.8) is 0 Å². The number of hydrogen-bond acceptors (Lipinski definition) is 6. The van der Waals surface area contributed by atoms with Gasteiger partial charge < -0.3 is 15.3 Å². The summed E-state index contributed by atoms with van der Waals surface area (Å²) in [4.78, 5) is 47.5. The van der Waals surface area contributed by atoms with Gasteiger partial charge in [0.05, 0.1) is 35.9 Å². The lowest BCUT2D eigenvalue weighted by molar-refractivity contribution is -0.120. The number of aromatic nitrogens is 4. The Balaban J connectivity index is 1.14. The Labute approximate surface area is 360 Å². The zero-order valence-corrected chi connectivity index (χ0v) is 34.4. The van der Waals surface area contributed by atoms with Crippen LogP contribution < -0.4 is 5.32 Å². The number of amides is 1. The van der Waals surface area contributed by atoms with Crippen LogP contribution in [0.15, 0.2) is 140 Å². The molecule has 3 N–H and O–H groups in total. The van der Waals surface area contributed by atoms with Gasteiger partial charge >= 0.3 is 0 Å². The fourth-order valence-electron chi connectivity index (χ4n) is 8.78. The van der Waals surface area contributed by atoms with Gasteiger partial charge in [-0.05, 0) is 89.9 Å². The molecular formula is C53H45N7O2. The summed E-state index contributed by atoms with van der Waals surface area (Å²) in [7, 11) is 0. The number of H-pyrrole nitrogens is 2. The molecule has 9 nitrogen and oxygen atoms in total. The van der Waals surface area contributed by atoms with Gasteiger partial charge in [-0.1, -0.05) is 103 Å². The average molecular weight is 812 g/mol. The molecule has 4 aromatic carbocycles. The highest BCUT2D eigenvalue weighted by Gasteiger charge is 2.21. The summed E-state index contributed by atoms with van der Waals surface area (Å²) in [6.07, 6.45) is 8.42. The zero-order valence-electron chi connectivity index (χ0n) is 34.4. The molecule has 10 rings (SSSR count). The van der Waals surface area contributed by atoms with Gasteiger partial charge in [-0.25, -0.2) is 9.97 Å². The summed E-state index contributed by atoms with van der Waals surface area (Å²) in [6.45, 7) is 5.43. The predicted octanol–water partition coefficient (Wildman–Crippen LogP) is 10.5. The molecular weight excluding hydrogens is 767 g/mol. The van der Waals surface area contributed by atoms with Crippen LogP contribution in [0.4, 0.5) is 5.69 Å². The molecule has 7 aromatic rings. The second-order valence-corrected chi connectivity index (χ2v) is 16.0. The number of nitrogens with zero attached hydrogens (tertiary/aromatic N) is 4. The molecule has 62 heavy (non-hydrogen) atoms. The Hall–Kier alpha value is -7.46. The van der Waals surface area contributed by atoms with E-state index in [1.54, 1.807) is 6.92 Å². The van der Waals surface area contributed by atoms with Crippen LogP contribution >= 0.6 is 0 Å². The topological polar surface area (TPSA) is 110 Å². The number of rotatable bonds is 9. The largest absolute Gasteiger partial charge is 0.354 e. The lowest BCUT2D eigenvalue weighted by Gasteiger charge is -2.33. The van der Waals surface area contributed by atoms with E-state index < -0.39 is 0 Å². The molecule has 0 spiro atoms. The number of piperazine rings is 1. The Morgan fingerprint density at radius 1 is 0.468 bits per heavy atom. The van der Waals surface area contributed by atoms with Gasteiger partial charge in [-0.3, -0.25) is 19.4 Å². The molecule has 9 heteroatoms. The summed E-state index contributed by atoms with van der Waals surface area (Å²) in [6, 6.07) is 47.8. The minimum absolute atomic E-state index is 0.0651. The molecule has 0 aliphatic carbocycles. The first-order chi connectivity index (χ1) is 30.4. The minimum atomic E-state index is -0.0651. The van der Waals surface area contributed by atoms with Crippen molar-refractivity contribution in [3.05, 3.63) is 162 Å². The molecule has 0 saturated carbocycles. The number of anilines is 1. The van der Waals surface area contributed by atoms with Gasteiger partial charge in [0.25, 0.3) is 0 Å². The van der Waals surface area contributed by atoms with Crippen molar-refractivity contribution in [1.29, 1.82) is 0 Å². The Morgan fingerprint density at radius 2 is 0.806 bits per heavy atom. The number of Topliss-reactive ketones (excluding diaryl/α,β-unsaturated/α-hetero) is 1. The molecule has 304 valence electrons. The average Bonchev–Trinajstić information content (AvgIpc) is 4.14. The fraction of sp³-hybridized carbons (Fsp3) is 0.132. The van der Waals surface area contributed by atoms with Crippen molar-refractivity contribution in [2.24, 2.45) is 0 Å². The molecule has 3 aliphatic rings. The number of carbonyl (C=O) groups is 2. The number of ketones is 1. The van der Waals surface area contributed by atoms with E-state index in [-0.39, 0.29) is 11.7 Å². The van der Waals surface area contributed by atoms with Crippen molar-refractivity contribution >= 4 is 63.7 Å². The maximum Gasteiger partial charge on any atom is 0.238 e. The number of carbonyl (C=O) groups excluding carboxylic acids is 2. The first kappa shape index (κ1) is 38.7. The van der Waals surface area contributed by atoms with Crippen molar-refractivity contribution < 1.29 is 9.59 Å². The zero-order chi connectivity index (χ0) is 42.0. The van der Waals surface area contributed by atoms with Gasteiger partial charge in [0, 0.05) is 76.2 Å². The van der Waals surface area contributed by atoms with Crippen molar-refractivity contribution in [2.45, 2.75) is 6.92 Å². The van der Waals surface area contributed by atoms with Gasteiger partial charge in [0.1, 0.15) is 5.78 Å². The molecule has 0 atom stereocenters. The van der Waals surface area contributed by atoms with Crippen LogP contribution in [-0.2, 0) is 9.59 Å². The van der Waals surface area contributed by atoms with E-state index in [1.807, 2.05) is 42.5 Å². The van der Waals surface area contributed by atoms with Gasteiger partial charge in [0.15, 0.2) is 0 Å². The van der Waals surface area contributed by atoms with E-state index in [4.69, 9.17) is 9.97 Å². The minimum Gasteiger partial charge on any atom is -0.354 e. The fourth-order valence-corrected chi connectivity index (χ4v) is 8.78. The van der Waals surface area contributed by atoms with E-state index in [2.05, 4.69) is 146 Å². The van der Waals surface area contributed by atoms with Crippen LogP contribution in [0, 0.1) is 0 Å². The monoisotopic (exact) mass is 811 g/mol. The number of benzene rings is 4. The number of fused-ring (bicyclic) bond motifs is 8. The summed E-state index contributed by atoms with van der Waals surface area (Å²) >= 11 is 0. The normalized spacial score (nSPS) is 14.0. The molecule has 0 radical (unpaired) electrons. The molecule has 3 aliphatic heterocycles. The summed E-state index contributed by atoms with van der Waals surface area (Å²) in [5.41, 5.74) is 15.9. The van der Waals surface area contributed by atoms with Gasteiger partial charge in [-0.2, -0.15) is 0 Å². The molecule has 0 unspecified atom stereocenters. The molecule has 1 amide bonds. The van der Waals surface area contributed by atoms with Crippen molar-refractivity contribution in [2.75, 3.05) is 44.6 Å². The van der Waals surface area contributed by atoms with E-state index in [0.29, 0.717) is 13.1 Å². The maximum atomic E-state index is 13.2. The number of nitrogens with one attached hydrogen (secondary N) is 3. The summed E-state index contributed by atoms with van der Waals surface area (Å²) < 4.78 is 0.